The molecule has 1 N–H and O–H groups in total. The summed E-state index contributed by atoms with van der Waals surface area (Å²) in [4.78, 5) is 0. The van der Waals surface area contributed by atoms with Gasteiger partial charge in [-0.05, 0) is 55.0 Å². The third-order valence-electron chi connectivity index (χ3n) is 3.24. The van der Waals surface area contributed by atoms with E-state index in [1.54, 1.807) is 0 Å². The van der Waals surface area contributed by atoms with Crippen LogP contribution in [0, 0.1) is 13.8 Å². The van der Waals surface area contributed by atoms with Crippen LogP contribution < -0.4 is 5.32 Å². The molecule has 1 atom stereocenters. The van der Waals surface area contributed by atoms with Crippen LogP contribution in [0.4, 0.5) is 0 Å². The van der Waals surface area contributed by atoms with Crippen LogP contribution in [0.1, 0.15) is 35.3 Å². The zero-order valence-electron chi connectivity index (χ0n) is 11.1. The fourth-order valence-corrected chi connectivity index (χ4v) is 2.73. The normalized spacial score (nSPS) is 12.6. The summed E-state index contributed by atoms with van der Waals surface area (Å²) in [7, 11) is 0. The largest absolute Gasteiger partial charge is 0.309 e. The highest BCUT2D eigenvalue weighted by Gasteiger charge is 2.16. The molecule has 1 aromatic carbocycles. The van der Waals surface area contributed by atoms with Crippen molar-refractivity contribution in [2.75, 3.05) is 6.54 Å². The molecular weight excluding hydrogens is 242 g/mol. The van der Waals surface area contributed by atoms with Gasteiger partial charge in [-0.1, -0.05) is 29.6 Å². The fourth-order valence-electron chi connectivity index (χ4n) is 2.23. The smallest absolute Gasteiger partial charge is 0.0928 e. The second-order valence-electron chi connectivity index (χ2n) is 4.51. The lowest BCUT2D eigenvalue weighted by Crippen LogP contribution is -2.24. The first kappa shape index (κ1) is 13.2. The van der Waals surface area contributed by atoms with Crippen molar-refractivity contribution >= 4 is 11.5 Å². The molecule has 1 heterocycles. The average molecular weight is 261 g/mol. The van der Waals surface area contributed by atoms with Gasteiger partial charge in [0.25, 0.3) is 0 Å². The van der Waals surface area contributed by atoms with Crippen LogP contribution in [0.5, 0.6) is 0 Å². The molecular formula is C14H19N3S. The van der Waals surface area contributed by atoms with E-state index in [9.17, 15) is 0 Å². The second kappa shape index (κ2) is 6.07. The van der Waals surface area contributed by atoms with Gasteiger partial charge in [0, 0.05) is 5.38 Å². The highest BCUT2D eigenvalue weighted by molar-refractivity contribution is 7.03. The minimum absolute atomic E-state index is 0.258. The maximum Gasteiger partial charge on any atom is 0.0928 e. The standard InChI is InChI=1S/C14H19N3S/c1-4-15-13(14-9-18-17-16-14)8-12-10(2)6-5-7-11(12)3/h5-7,9,13,15H,4,8H2,1-3H3. The summed E-state index contributed by atoms with van der Waals surface area (Å²) >= 11 is 1.41. The number of aromatic nitrogens is 2. The van der Waals surface area contributed by atoms with E-state index in [1.807, 2.05) is 5.38 Å². The van der Waals surface area contributed by atoms with Crippen LogP contribution in [0.25, 0.3) is 0 Å². The molecule has 0 saturated heterocycles. The van der Waals surface area contributed by atoms with Crippen molar-refractivity contribution in [2.24, 2.45) is 0 Å². The zero-order chi connectivity index (χ0) is 13.0. The third-order valence-corrected chi connectivity index (χ3v) is 3.76. The lowest BCUT2D eigenvalue weighted by Gasteiger charge is -2.18. The van der Waals surface area contributed by atoms with Crippen molar-refractivity contribution < 1.29 is 0 Å². The molecule has 0 aliphatic carbocycles. The molecule has 0 spiro atoms. The van der Waals surface area contributed by atoms with E-state index >= 15 is 0 Å². The highest BCUT2D eigenvalue weighted by Crippen LogP contribution is 2.22. The molecule has 0 amide bonds. The number of rotatable bonds is 5. The summed E-state index contributed by atoms with van der Waals surface area (Å²) in [5.41, 5.74) is 5.16. The zero-order valence-corrected chi connectivity index (χ0v) is 11.9. The predicted molar refractivity (Wildman–Crippen MR) is 75.9 cm³/mol. The summed E-state index contributed by atoms with van der Waals surface area (Å²) in [6, 6.07) is 6.71. The van der Waals surface area contributed by atoms with Gasteiger partial charge in [0.05, 0.1) is 11.7 Å². The quantitative estimate of drug-likeness (QED) is 0.899. The van der Waals surface area contributed by atoms with Crippen molar-refractivity contribution in [2.45, 2.75) is 33.2 Å². The molecule has 0 bridgehead atoms. The first-order valence-electron chi connectivity index (χ1n) is 6.27. The minimum Gasteiger partial charge on any atom is -0.309 e. The molecule has 96 valence electrons. The molecule has 0 radical (unpaired) electrons. The van der Waals surface area contributed by atoms with E-state index in [4.69, 9.17) is 0 Å². The first-order chi connectivity index (χ1) is 8.72. The van der Waals surface area contributed by atoms with Gasteiger partial charge in [-0.2, -0.15) is 0 Å². The molecule has 0 fully saturated rings. The second-order valence-corrected chi connectivity index (χ2v) is 5.12. The van der Waals surface area contributed by atoms with Crippen LogP contribution in [0.15, 0.2) is 23.6 Å². The van der Waals surface area contributed by atoms with Crippen molar-refractivity contribution in [3.05, 3.63) is 46.0 Å². The molecule has 4 heteroatoms. The number of likely N-dealkylation sites (N-methyl/N-ethyl adjacent to an activating group) is 1. The lowest BCUT2D eigenvalue weighted by molar-refractivity contribution is 0.533. The van der Waals surface area contributed by atoms with E-state index in [0.717, 1.165) is 18.7 Å². The monoisotopic (exact) mass is 261 g/mol. The fraction of sp³-hybridized carbons (Fsp3) is 0.429. The van der Waals surface area contributed by atoms with Gasteiger partial charge < -0.3 is 5.32 Å². The van der Waals surface area contributed by atoms with Crippen LogP contribution in [0.2, 0.25) is 0 Å². The Morgan fingerprint density at radius 3 is 2.56 bits per heavy atom. The summed E-state index contributed by atoms with van der Waals surface area (Å²) in [5.74, 6) is 0. The Labute approximate surface area is 112 Å². The number of hydrogen-bond acceptors (Lipinski definition) is 4. The molecule has 1 aromatic heterocycles. The van der Waals surface area contributed by atoms with Crippen LogP contribution in [0.3, 0.4) is 0 Å². The van der Waals surface area contributed by atoms with Gasteiger partial charge in [0.2, 0.25) is 0 Å². The van der Waals surface area contributed by atoms with Gasteiger partial charge >= 0.3 is 0 Å². The van der Waals surface area contributed by atoms with E-state index in [1.165, 1.54) is 28.2 Å². The van der Waals surface area contributed by atoms with Crippen molar-refractivity contribution in [3.63, 3.8) is 0 Å². The van der Waals surface area contributed by atoms with E-state index in [2.05, 4.69) is 53.9 Å². The third kappa shape index (κ3) is 2.94. The molecule has 0 aliphatic rings. The van der Waals surface area contributed by atoms with Gasteiger partial charge in [-0.3, -0.25) is 0 Å². The van der Waals surface area contributed by atoms with Gasteiger partial charge in [-0.15, -0.1) is 5.10 Å². The number of hydrogen-bond donors (Lipinski definition) is 1. The van der Waals surface area contributed by atoms with Gasteiger partial charge in [-0.25, -0.2) is 0 Å². The maximum absolute atomic E-state index is 4.20. The molecule has 3 nitrogen and oxygen atoms in total. The SMILES string of the molecule is CCNC(Cc1c(C)cccc1C)c1csnn1. The number of nitrogens with one attached hydrogen (secondary N) is 1. The molecule has 0 saturated carbocycles. The summed E-state index contributed by atoms with van der Waals surface area (Å²) < 4.78 is 3.96. The Kier molecular flexibility index (Phi) is 4.44. The molecule has 2 rings (SSSR count). The van der Waals surface area contributed by atoms with Gasteiger partial charge in [0.1, 0.15) is 0 Å². The Morgan fingerprint density at radius 1 is 1.28 bits per heavy atom. The van der Waals surface area contributed by atoms with Crippen LogP contribution >= 0.6 is 11.5 Å². The van der Waals surface area contributed by atoms with Crippen LogP contribution in [-0.4, -0.2) is 16.1 Å². The number of nitrogens with zero attached hydrogens (tertiary/aromatic N) is 2. The lowest BCUT2D eigenvalue weighted by atomic mass is 9.95. The van der Waals surface area contributed by atoms with E-state index in [0.29, 0.717) is 0 Å². The van der Waals surface area contributed by atoms with E-state index < -0.39 is 0 Å². The Balaban J connectivity index is 2.24. The van der Waals surface area contributed by atoms with Crippen molar-refractivity contribution in [1.29, 1.82) is 0 Å². The summed E-state index contributed by atoms with van der Waals surface area (Å²) in [5, 5.41) is 9.72. The topological polar surface area (TPSA) is 37.8 Å². The van der Waals surface area contributed by atoms with Gasteiger partial charge in [0.15, 0.2) is 0 Å². The van der Waals surface area contributed by atoms with Crippen LogP contribution in [-0.2, 0) is 6.42 Å². The Hall–Kier alpha value is -1.26. The Bertz CT molecular complexity index is 473. The molecule has 18 heavy (non-hydrogen) atoms. The van der Waals surface area contributed by atoms with E-state index in [-0.39, 0.29) is 6.04 Å². The minimum atomic E-state index is 0.258. The Morgan fingerprint density at radius 2 is 2.00 bits per heavy atom. The molecule has 0 aliphatic heterocycles. The highest BCUT2D eigenvalue weighted by atomic mass is 32.1. The summed E-state index contributed by atoms with van der Waals surface area (Å²) in [6.45, 7) is 7.40. The van der Waals surface area contributed by atoms with Crippen molar-refractivity contribution in [3.8, 4) is 0 Å². The first-order valence-corrected chi connectivity index (χ1v) is 7.11. The number of aryl methyl sites for hydroxylation is 2. The molecule has 1 unspecified atom stereocenters. The predicted octanol–water partition coefficient (Wildman–Crippen LogP) is 3.05. The van der Waals surface area contributed by atoms with Crippen molar-refractivity contribution in [1.82, 2.24) is 14.9 Å². The average Bonchev–Trinajstić information content (AvgIpc) is 2.86. The number of benzene rings is 1. The maximum atomic E-state index is 4.20. The summed E-state index contributed by atoms with van der Waals surface area (Å²) in [6.07, 6.45) is 0.970. The molecule has 2 aromatic rings.